The molecular weight excluding hydrogens is 260 g/mol. The summed E-state index contributed by atoms with van der Waals surface area (Å²) in [6.07, 6.45) is 0. The minimum absolute atomic E-state index is 0.656. The summed E-state index contributed by atoms with van der Waals surface area (Å²) in [7, 11) is 0. The fourth-order valence-corrected chi connectivity index (χ4v) is 6.64. The molecule has 0 fully saturated rings. The second-order valence-electron chi connectivity index (χ2n) is 3.78. The van der Waals surface area contributed by atoms with Crippen LogP contribution < -0.4 is 0 Å². The van der Waals surface area contributed by atoms with Gasteiger partial charge in [0.05, 0.1) is 0 Å². The molecule has 0 radical (unpaired) electrons. The van der Waals surface area contributed by atoms with Crippen molar-refractivity contribution in [1.82, 2.24) is 0 Å². The molecule has 0 aromatic heterocycles. The molecule has 0 unspecified atom stereocenters. The number of aryl methyl sites for hydroxylation is 2. The second-order valence-corrected chi connectivity index (χ2v) is 9.88. The number of hydrogen-bond donors (Lipinski definition) is 0. The van der Waals surface area contributed by atoms with Crippen LogP contribution in [-0.4, -0.2) is 19.6 Å². The van der Waals surface area contributed by atoms with E-state index in [0.29, 0.717) is 0 Å². The maximum absolute atomic E-state index is 2.51. The van der Waals surface area contributed by atoms with Gasteiger partial charge in [-0.25, -0.2) is 0 Å². The molecule has 0 aliphatic carbocycles. The fourth-order valence-electron chi connectivity index (χ4n) is 1.79. The van der Waals surface area contributed by atoms with Gasteiger partial charge in [0, 0.05) is 0 Å². The molecular formula is C11H15Te+. The van der Waals surface area contributed by atoms with Gasteiger partial charge in [-0.2, -0.15) is 0 Å². The normalized spacial score (nSPS) is 16.6. The predicted molar refractivity (Wildman–Crippen MR) is 54.9 cm³/mol. The molecule has 1 heterocycles. The molecule has 0 spiro atoms. The van der Waals surface area contributed by atoms with Gasteiger partial charge in [-0.3, -0.25) is 0 Å². The van der Waals surface area contributed by atoms with Crippen molar-refractivity contribution in [3.8, 4) is 0 Å². The molecule has 0 nitrogen and oxygen atoms in total. The monoisotopic (exact) mass is 277 g/mol. The van der Waals surface area contributed by atoms with E-state index in [4.69, 9.17) is 0 Å². The van der Waals surface area contributed by atoms with Crippen molar-refractivity contribution in [2.75, 3.05) is 0 Å². The van der Waals surface area contributed by atoms with Gasteiger partial charge in [0.25, 0.3) is 0 Å². The first-order chi connectivity index (χ1) is 5.66. The Bertz CT molecular complexity index is 284. The molecule has 0 saturated heterocycles. The maximum atomic E-state index is 2.51. The molecule has 0 N–H and O–H groups in total. The zero-order valence-electron chi connectivity index (χ0n) is 7.98. The van der Waals surface area contributed by atoms with E-state index in [1.807, 2.05) is 0 Å². The van der Waals surface area contributed by atoms with E-state index < -0.39 is 19.6 Å². The minimum atomic E-state index is -0.656. The number of benzene rings is 1. The van der Waals surface area contributed by atoms with Crippen LogP contribution in [0, 0.1) is 13.8 Å². The summed E-state index contributed by atoms with van der Waals surface area (Å²) in [6.45, 7) is 4.45. The van der Waals surface area contributed by atoms with Gasteiger partial charge < -0.3 is 0 Å². The number of rotatable bonds is 0. The van der Waals surface area contributed by atoms with E-state index in [9.17, 15) is 0 Å². The van der Waals surface area contributed by atoms with Crippen LogP contribution in [0.4, 0.5) is 0 Å². The summed E-state index contributed by atoms with van der Waals surface area (Å²) in [5.74, 6) is 0. The van der Waals surface area contributed by atoms with E-state index in [0.717, 1.165) is 0 Å². The van der Waals surface area contributed by atoms with Crippen molar-refractivity contribution in [3.63, 3.8) is 0 Å². The molecule has 0 bridgehead atoms. The second kappa shape index (κ2) is 3.05. The Kier molecular flexibility index (Phi) is 2.19. The van der Waals surface area contributed by atoms with Gasteiger partial charge in [0.1, 0.15) is 0 Å². The van der Waals surface area contributed by atoms with Crippen LogP contribution in [0.2, 0.25) is 4.97 Å². The van der Waals surface area contributed by atoms with Crippen LogP contribution >= 0.6 is 0 Å². The Labute approximate surface area is 81.6 Å². The SMILES string of the molecule is Cc1cc2c(cc1C)C[Te+](C)C2. The van der Waals surface area contributed by atoms with E-state index in [-0.39, 0.29) is 0 Å². The number of hydrogen-bond acceptors (Lipinski definition) is 0. The molecule has 1 aromatic carbocycles. The number of fused-ring (bicyclic) bond motifs is 1. The molecule has 0 atom stereocenters. The Hall–Kier alpha value is 0.00961. The van der Waals surface area contributed by atoms with Crippen molar-refractivity contribution >= 4 is 19.6 Å². The third kappa shape index (κ3) is 1.41. The Morgan fingerprint density at radius 3 is 1.83 bits per heavy atom. The van der Waals surface area contributed by atoms with Gasteiger partial charge in [-0.15, -0.1) is 0 Å². The van der Waals surface area contributed by atoms with Gasteiger partial charge in [-0.05, 0) is 0 Å². The van der Waals surface area contributed by atoms with Crippen molar-refractivity contribution in [1.29, 1.82) is 0 Å². The van der Waals surface area contributed by atoms with Gasteiger partial charge in [0.2, 0.25) is 0 Å². The molecule has 2 rings (SSSR count). The first kappa shape index (κ1) is 8.60. The third-order valence-corrected chi connectivity index (χ3v) is 7.21. The van der Waals surface area contributed by atoms with Gasteiger partial charge >= 0.3 is 81.7 Å². The average Bonchev–Trinajstić information content (AvgIpc) is 2.30. The van der Waals surface area contributed by atoms with Crippen molar-refractivity contribution in [2.45, 2.75) is 27.8 Å². The van der Waals surface area contributed by atoms with Crippen LogP contribution in [0.3, 0.4) is 0 Å². The zero-order chi connectivity index (χ0) is 8.72. The van der Waals surface area contributed by atoms with E-state index >= 15 is 0 Å². The van der Waals surface area contributed by atoms with Crippen LogP contribution in [0.5, 0.6) is 0 Å². The van der Waals surface area contributed by atoms with Crippen LogP contribution in [-0.2, 0) is 8.94 Å². The molecule has 64 valence electrons. The van der Waals surface area contributed by atoms with Crippen LogP contribution in [0.15, 0.2) is 12.1 Å². The van der Waals surface area contributed by atoms with Crippen molar-refractivity contribution in [3.05, 3.63) is 34.4 Å². The Balaban J connectivity index is 2.48. The topological polar surface area (TPSA) is 0 Å². The summed E-state index contributed by atoms with van der Waals surface area (Å²) >= 11 is -0.656. The average molecular weight is 275 g/mol. The molecule has 0 amide bonds. The Morgan fingerprint density at radius 1 is 1.00 bits per heavy atom. The standard InChI is InChI=1S/C11H15Te/c1-8-4-10-6-12(3)7-11(10)5-9(8)2/h4-5H,6-7H2,1-3H3/q+1. The van der Waals surface area contributed by atoms with Crippen LogP contribution in [0.1, 0.15) is 22.3 Å². The summed E-state index contributed by atoms with van der Waals surface area (Å²) in [5, 5.41) is 0. The summed E-state index contributed by atoms with van der Waals surface area (Å²) in [5.41, 5.74) is 6.28. The van der Waals surface area contributed by atoms with Gasteiger partial charge in [-0.1, -0.05) is 0 Å². The molecule has 1 aromatic rings. The summed E-state index contributed by atoms with van der Waals surface area (Å²) in [6, 6.07) is 4.82. The van der Waals surface area contributed by atoms with E-state index in [2.05, 4.69) is 31.0 Å². The van der Waals surface area contributed by atoms with E-state index in [1.54, 1.807) is 11.1 Å². The predicted octanol–water partition coefficient (Wildman–Crippen LogP) is 2.61. The molecule has 1 aliphatic heterocycles. The molecule has 0 saturated carbocycles. The first-order valence-electron chi connectivity index (χ1n) is 4.35. The van der Waals surface area contributed by atoms with Crippen molar-refractivity contribution in [2.24, 2.45) is 0 Å². The molecule has 1 aliphatic rings. The third-order valence-electron chi connectivity index (χ3n) is 2.62. The van der Waals surface area contributed by atoms with Gasteiger partial charge in [0.15, 0.2) is 0 Å². The summed E-state index contributed by atoms with van der Waals surface area (Å²) < 4.78 is 2.92. The molecule has 12 heavy (non-hydrogen) atoms. The summed E-state index contributed by atoms with van der Waals surface area (Å²) in [4.78, 5) is 2.51. The molecule has 1 heteroatoms. The van der Waals surface area contributed by atoms with Crippen molar-refractivity contribution < 1.29 is 0 Å². The van der Waals surface area contributed by atoms with Crippen LogP contribution in [0.25, 0.3) is 0 Å². The fraction of sp³-hybridized carbons (Fsp3) is 0.455. The van der Waals surface area contributed by atoms with E-state index in [1.165, 1.54) is 20.1 Å². The quantitative estimate of drug-likeness (QED) is 0.638. The first-order valence-corrected chi connectivity index (χ1v) is 9.97. The Morgan fingerprint density at radius 2 is 1.42 bits per heavy atom. The zero-order valence-corrected chi connectivity index (χ0v) is 10.3.